The topological polar surface area (TPSA) is 70.7 Å². The Hall–Kier alpha value is -1.56. The van der Waals surface area contributed by atoms with Gasteiger partial charge in [-0.3, -0.25) is 4.79 Å². The van der Waals surface area contributed by atoms with Gasteiger partial charge >= 0.3 is 6.09 Å². The van der Waals surface area contributed by atoms with Crippen molar-refractivity contribution in [3.05, 3.63) is 11.8 Å². The van der Waals surface area contributed by atoms with Crippen LogP contribution in [0.1, 0.15) is 20.8 Å². The van der Waals surface area contributed by atoms with E-state index in [-0.39, 0.29) is 0 Å². The van der Waals surface area contributed by atoms with E-state index in [0.29, 0.717) is 12.0 Å². The molecule has 0 aromatic carbocycles. The highest BCUT2D eigenvalue weighted by atomic mass is 16.6. The number of aldehydes is 1. The molecule has 1 unspecified atom stereocenters. The number of ether oxygens (including phenoxy) is 1. The second-order valence-electron chi connectivity index (χ2n) is 4.52. The minimum Gasteiger partial charge on any atom is -0.444 e. The van der Waals surface area contributed by atoms with E-state index in [4.69, 9.17) is 4.74 Å². The number of nitrogens with zero attached hydrogens (tertiary/aromatic N) is 1. The number of hydrazine groups is 1. The molecular weight excluding hydrogens is 210 g/mol. The van der Waals surface area contributed by atoms with Gasteiger partial charge in [0, 0.05) is 7.05 Å². The Morgan fingerprint density at radius 2 is 2.25 bits per heavy atom. The van der Waals surface area contributed by atoms with E-state index in [9.17, 15) is 9.59 Å². The lowest BCUT2D eigenvalue weighted by Crippen LogP contribution is -2.47. The van der Waals surface area contributed by atoms with Crippen molar-refractivity contribution < 1.29 is 14.3 Å². The Morgan fingerprint density at radius 1 is 1.62 bits per heavy atom. The van der Waals surface area contributed by atoms with Gasteiger partial charge in [0.05, 0.1) is 5.70 Å². The third-order valence-electron chi connectivity index (χ3n) is 1.85. The molecule has 6 nitrogen and oxygen atoms in total. The number of hydrogen-bond donors (Lipinski definition) is 2. The van der Waals surface area contributed by atoms with Gasteiger partial charge in [-0.15, -0.1) is 0 Å². The first-order valence-electron chi connectivity index (χ1n) is 4.98. The number of amides is 1. The standard InChI is InChI=1S/C10H17N3O3/c1-10(2,3)16-9(15)11-8-5-7(6-14)13(4)12-8/h5-6,8,12H,1-4H3,(H,11,15). The van der Waals surface area contributed by atoms with Crippen molar-refractivity contribution >= 4 is 12.4 Å². The Bertz CT molecular complexity index is 320. The van der Waals surface area contributed by atoms with Crippen LogP contribution in [0.5, 0.6) is 0 Å². The SMILES string of the molecule is CN1NC(NC(=O)OC(C)(C)C)C=C1C=O. The summed E-state index contributed by atoms with van der Waals surface area (Å²) in [5.41, 5.74) is 2.81. The maximum atomic E-state index is 11.4. The lowest BCUT2D eigenvalue weighted by molar-refractivity contribution is -0.106. The van der Waals surface area contributed by atoms with E-state index in [0.717, 1.165) is 0 Å². The molecular formula is C10H17N3O3. The zero-order valence-electron chi connectivity index (χ0n) is 9.90. The number of alkyl carbamates (subject to hydrolysis) is 1. The Morgan fingerprint density at radius 3 is 2.69 bits per heavy atom. The van der Waals surface area contributed by atoms with Gasteiger partial charge in [-0.25, -0.2) is 10.2 Å². The average Bonchev–Trinajstić information content (AvgIpc) is 2.42. The fourth-order valence-electron chi connectivity index (χ4n) is 1.23. The van der Waals surface area contributed by atoms with Crippen LogP contribution in [0.3, 0.4) is 0 Å². The summed E-state index contributed by atoms with van der Waals surface area (Å²) in [5.74, 6) is 0. The van der Waals surface area contributed by atoms with Gasteiger partial charge < -0.3 is 15.1 Å². The second-order valence-corrected chi connectivity index (χ2v) is 4.52. The summed E-state index contributed by atoms with van der Waals surface area (Å²) >= 11 is 0. The Labute approximate surface area is 94.6 Å². The lowest BCUT2D eigenvalue weighted by atomic mass is 10.2. The van der Waals surface area contributed by atoms with E-state index in [1.807, 2.05) is 0 Å². The molecule has 0 aromatic heterocycles. The van der Waals surface area contributed by atoms with E-state index in [1.165, 1.54) is 5.01 Å². The number of likely N-dealkylation sites (N-methyl/N-ethyl adjacent to an activating group) is 1. The van der Waals surface area contributed by atoms with Crippen LogP contribution in [0.25, 0.3) is 0 Å². The molecule has 1 heterocycles. The second kappa shape index (κ2) is 4.52. The summed E-state index contributed by atoms with van der Waals surface area (Å²) in [5, 5.41) is 4.12. The van der Waals surface area contributed by atoms with Crippen molar-refractivity contribution in [3.8, 4) is 0 Å². The monoisotopic (exact) mass is 227 g/mol. The minimum absolute atomic E-state index is 0.417. The molecule has 6 heteroatoms. The van der Waals surface area contributed by atoms with Crippen LogP contribution < -0.4 is 10.7 Å². The summed E-state index contributed by atoms with van der Waals surface area (Å²) in [6.45, 7) is 5.36. The van der Waals surface area contributed by atoms with Gasteiger partial charge in [0.25, 0.3) is 0 Å². The van der Waals surface area contributed by atoms with E-state index >= 15 is 0 Å². The van der Waals surface area contributed by atoms with Gasteiger partial charge in [0.2, 0.25) is 0 Å². The predicted molar refractivity (Wildman–Crippen MR) is 58.2 cm³/mol. The average molecular weight is 227 g/mol. The zero-order chi connectivity index (χ0) is 12.3. The molecule has 16 heavy (non-hydrogen) atoms. The van der Waals surface area contributed by atoms with Crippen molar-refractivity contribution in [1.82, 2.24) is 15.8 Å². The quantitative estimate of drug-likeness (QED) is 0.667. The van der Waals surface area contributed by atoms with Crippen LogP contribution >= 0.6 is 0 Å². The van der Waals surface area contributed by atoms with Crippen LogP contribution in [0.2, 0.25) is 0 Å². The lowest BCUT2D eigenvalue weighted by Gasteiger charge is -2.22. The van der Waals surface area contributed by atoms with Crippen LogP contribution in [-0.2, 0) is 9.53 Å². The highest BCUT2D eigenvalue weighted by molar-refractivity contribution is 5.74. The van der Waals surface area contributed by atoms with Crippen molar-refractivity contribution in [1.29, 1.82) is 0 Å². The fraction of sp³-hybridized carbons (Fsp3) is 0.600. The number of carbonyl (C=O) groups excluding carboxylic acids is 2. The first-order valence-corrected chi connectivity index (χ1v) is 4.98. The summed E-state index contributed by atoms with van der Waals surface area (Å²) in [7, 11) is 1.69. The summed E-state index contributed by atoms with van der Waals surface area (Å²) in [4.78, 5) is 22.0. The van der Waals surface area contributed by atoms with Gasteiger partial charge in [0.1, 0.15) is 11.8 Å². The van der Waals surface area contributed by atoms with Gasteiger partial charge in [-0.1, -0.05) is 0 Å². The molecule has 2 N–H and O–H groups in total. The van der Waals surface area contributed by atoms with Crippen molar-refractivity contribution in [2.24, 2.45) is 0 Å². The number of allylic oxidation sites excluding steroid dienone is 1. The summed E-state index contributed by atoms with van der Waals surface area (Å²) in [6, 6.07) is 0. The van der Waals surface area contributed by atoms with E-state index in [1.54, 1.807) is 33.9 Å². The number of nitrogens with one attached hydrogen (secondary N) is 2. The van der Waals surface area contributed by atoms with Crippen LogP contribution in [-0.4, -0.2) is 36.2 Å². The van der Waals surface area contributed by atoms with Gasteiger partial charge in [0.15, 0.2) is 6.29 Å². The van der Waals surface area contributed by atoms with Crippen LogP contribution in [0.4, 0.5) is 4.79 Å². The van der Waals surface area contributed by atoms with Crippen molar-refractivity contribution in [2.75, 3.05) is 7.05 Å². The fourth-order valence-corrected chi connectivity index (χ4v) is 1.23. The smallest absolute Gasteiger partial charge is 0.409 e. The zero-order valence-corrected chi connectivity index (χ0v) is 9.90. The molecule has 0 spiro atoms. The number of hydrogen-bond acceptors (Lipinski definition) is 5. The molecule has 0 bridgehead atoms. The molecule has 0 saturated heterocycles. The van der Waals surface area contributed by atoms with Crippen LogP contribution in [0.15, 0.2) is 11.8 Å². The maximum Gasteiger partial charge on any atom is 0.409 e. The molecule has 0 aromatic rings. The maximum absolute atomic E-state index is 11.4. The van der Waals surface area contributed by atoms with Crippen LogP contribution in [0, 0.1) is 0 Å². The molecule has 0 aliphatic carbocycles. The molecule has 1 atom stereocenters. The Kier molecular flexibility index (Phi) is 3.54. The first-order chi connectivity index (χ1) is 7.31. The largest absolute Gasteiger partial charge is 0.444 e. The third kappa shape index (κ3) is 3.54. The molecule has 1 aliphatic rings. The number of rotatable bonds is 2. The molecule has 0 fully saturated rings. The molecule has 1 aliphatic heterocycles. The van der Waals surface area contributed by atoms with Gasteiger partial charge in [-0.2, -0.15) is 0 Å². The third-order valence-corrected chi connectivity index (χ3v) is 1.85. The highest BCUT2D eigenvalue weighted by Gasteiger charge is 2.23. The minimum atomic E-state index is -0.536. The normalized spacial score (nSPS) is 20.4. The number of carbonyl (C=O) groups is 2. The predicted octanol–water partition coefficient (Wildman–Crippen LogP) is 0.370. The first kappa shape index (κ1) is 12.5. The van der Waals surface area contributed by atoms with E-state index < -0.39 is 17.9 Å². The van der Waals surface area contributed by atoms with Gasteiger partial charge in [-0.05, 0) is 26.8 Å². The molecule has 1 rings (SSSR count). The van der Waals surface area contributed by atoms with Crippen molar-refractivity contribution in [3.63, 3.8) is 0 Å². The van der Waals surface area contributed by atoms with E-state index in [2.05, 4.69) is 10.7 Å². The Balaban J connectivity index is 2.48. The molecule has 1 amide bonds. The molecule has 0 saturated carbocycles. The molecule has 0 radical (unpaired) electrons. The van der Waals surface area contributed by atoms with Crippen molar-refractivity contribution in [2.45, 2.75) is 32.5 Å². The molecule has 90 valence electrons. The summed E-state index contributed by atoms with van der Waals surface area (Å²) < 4.78 is 5.08. The summed E-state index contributed by atoms with van der Waals surface area (Å²) in [6.07, 6.45) is 1.38. The highest BCUT2D eigenvalue weighted by Crippen LogP contribution is 2.09.